The Bertz CT molecular complexity index is 1120. The average molecular weight is 434 g/mol. The molecule has 0 atom stereocenters. The SMILES string of the molecule is COc1ccc(-c2nc(COC(=O)c3cc(S(N)(=O)=O)ccc3OC)cs2)cc1. The van der Waals surface area contributed by atoms with Crippen LogP contribution in [0.2, 0.25) is 0 Å². The van der Waals surface area contributed by atoms with Gasteiger partial charge in [-0.05, 0) is 42.5 Å². The van der Waals surface area contributed by atoms with Crippen molar-refractivity contribution in [2.75, 3.05) is 14.2 Å². The van der Waals surface area contributed by atoms with Gasteiger partial charge in [-0.3, -0.25) is 0 Å². The number of aromatic nitrogens is 1. The Morgan fingerprint density at radius 2 is 1.83 bits per heavy atom. The predicted molar refractivity (Wildman–Crippen MR) is 108 cm³/mol. The number of thiazole rings is 1. The Morgan fingerprint density at radius 3 is 2.45 bits per heavy atom. The molecule has 152 valence electrons. The first kappa shape index (κ1) is 20.8. The van der Waals surface area contributed by atoms with Gasteiger partial charge < -0.3 is 14.2 Å². The number of hydrogen-bond acceptors (Lipinski definition) is 8. The molecule has 3 aromatic rings. The van der Waals surface area contributed by atoms with Crippen LogP contribution in [0.5, 0.6) is 11.5 Å². The molecule has 0 saturated carbocycles. The van der Waals surface area contributed by atoms with Gasteiger partial charge in [0.25, 0.3) is 0 Å². The maximum absolute atomic E-state index is 12.4. The minimum atomic E-state index is -3.97. The Morgan fingerprint density at radius 1 is 1.10 bits per heavy atom. The van der Waals surface area contributed by atoms with Crippen LogP contribution in [-0.2, 0) is 21.4 Å². The number of esters is 1. The molecule has 0 aliphatic heterocycles. The van der Waals surface area contributed by atoms with Crippen LogP contribution in [0.3, 0.4) is 0 Å². The van der Waals surface area contributed by atoms with Crippen molar-refractivity contribution in [3.63, 3.8) is 0 Å². The number of ether oxygens (including phenoxy) is 3. The largest absolute Gasteiger partial charge is 0.497 e. The highest BCUT2D eigenvalue weighted by atomic mass is 32.2. The molecule has 0 amide bonds. The lowest BCUT2D eigenvalue weighted by Crippen LogP contribution is -2.14. The summed E-state index contributed by atoms with van der Waals surface area (Å²) in [5.74, 6) is 0.182. The van der Waals surface area contributed by atoms with Crippen molar-refractivity contribution in [1.29, 1.82) is 0 Å². The highest BCUT2D eigenvalue weighted by Crippen LogP contribution is 2.27. The Hall–Kier alpha value is -2.95. The number of hydrogen-bond donors (Lipinski definition) is 1. The minimum Gasteiger partial charge on any atom is -0.497 e. The van der Waals surface area contributed by atoms with Crippen LogP contribution in [-0.4, -0.2) is 33.6 Å². The second-order valence-corrected chi connectivity index (χ2v) is 8.28. The monoisotopic (exact) mass is 434 g/mol. The molecule has 0 spiro atoms. The Kier molecular flexibility index (Phi) is 6.16. The van der Waals surface area contributed by atoms with Gasteiger partial charge in [0, 0.05) is 10.9 Å². The maximum atomic E-state index is 12.4. The summed E-state index contributed by atoms with van der Waals surface area (Å²) in [6.07, 6.45) is 0. The van der Waals surface area contributed by atoms with Gasteiger partial charge in [-0.15, -0.1) is 11.3 Å². The van der Waals surface area contributed by atoms with E-state index >= 15 is 0 Å². The fourth-order valence-corrected chi connectivity index (χ4v) is 3.83. The fourth-order valence-electron chi connectivity index (χ4n) is 2.48. The van der Waals surface area contributed by atoms with Gasteiger partial charge in [-0.2, -0.15) is 0 Å². The van der Waals surface area contributed by atoms with E-state index in [0.29, 0.717) is 5.69 Å². The third kappa shape index (κ3) is 4.91. The lowest BCUT2D eigenvalue weighted by molar-refractivity contribution is 0.0464. The molecule has 29 heavy (non-hydrogen) atoms. The molecule has 0 radical (unpaired) electrons. The molecule has 8 nitrogen and oxygen atoms in total. The van der Waals surface area contributed by atoms with E-state index in [1.54, 1.807) is 12.5 Å². The molecule has 0 unspecified atom stereocenters. The van der Waals surface area contributed by atoms with Gasteiger partial charge in [0.2, 0.25) is 10.0 Å². The highest BCUT2D eigenvalue weighted by molar-refractivity contribution is 7.89. The molecule has 2 N–H and O–H groups in total. The van der Waals surface area contributed by atoms with E-state index in [0.717, 1.165) is 22.4 Å². The molecule has 0 fully saturated rings. The predicted octanol–water partition coefficient (Wildman–Crippen LogP) is 2.83. The number of carbonyl (C=O) groups excluding carboxylic acids is 1. The summed E-state index contributed by atoms with van der Waals surface area (Å²) in [5, 5.41) is 7.67. The fraction of sp³-hybridized carbons (Fsp3) is 0.158. The Balaban J connectivity index is 1.73. The zero-order valence-corrected chi connectivity index (χ0v) is 17.2. The van der Waals surface area contributed by atoms with Crippen molar-refractivity contribution in [1.82, 2.24) is 4.98 Å². The number of nitrogens with two attached hydrogens (primary N) is 1. The van der Waals surface area contributed by atoms with Crippen LogP contribution < -0.4 is 14.6 Å². The van der Waals surface area contributed by atoms with Gasteiger partial charge in [0.1, 0.15) is 28.7 Å². The zero-order chi connectivity index (χ0) is 21.0. The van der Waals surface area contributed by atoms with Crippen molar-refractivity contribution in [3.05, 3.63) is 59.1 Å². The summed E-state index contributed by atoms with van der Waals surface area (Å²) < 4.78 is 38.6. The highest BCUT2D eigenvalue weighted by Gasteiger charge is 2.19. The molecular weight excluding hydrogens is 416 g/mol. The first-order chi connectivity index (χ1) is 13.8. The van der Waals surface area contributed by atoms with Gasteiger partial charge in [0.05, 0.1) is 24.8 Å². The van der Waals surface area contributed by atoms with E-state index < -0.39 is 16.0 Å². The summed E-state index contributed by atoms with van der Waals surface area (Å²) in [6.45, 7) is -0.0752. The number of carbonyl (C=O) groups is 1. The van der Waals surface area contributed by atoms with Crippen molar-refractivity contribution in [2.24, 2.45) is 5.14 Å². The maximum Gasteiger partial charge on any atom is 0.342 e. The van der Waals surface area contributed by atoms with Crippen molar-refractivity contribution < 1.29 is 27.4 Å². The summed E-state index contributed by atoms with van der Waals surface area (Å²) >= 11 is 1.41. The molecule has 0 aliphatic rings. The normalized spacial score (nSPS) is 11.1. The van der Waals surface area contributed by atoms with Gasteiger partial charge in [0.15, 0.2) is 0 Å². The molecule has 1 heterocycles. The lowest BCUT2D eigenvalue weighted by Gasteiger charge is -2.09. The summed E-state index contributed by atoms with van der Waals surface area (Å²) in [6, 6.07) is 11.2. The third-order valence-electron chi connectivity index (χ3n) is 3.96. The number of nitrogens with zero attached hydrogens (tertiary/aromatic N) is 1. The van der Waals surface area contributed by atoms with E-state index in [1.165, 1.54) is 30.6 Å². The molecule has 10 heteroatoms. The third-order valence-corrected chi connectivity index (χ3v) is 5.81. The van der Waals surface area contributed by atoms with E-state index in [2.05, 4.69) is 4.98 Å². The number of rotatable bonds is 7. The second kappa shape index (κ2) is 8.60. The first-order valence-corrected chi connectivity index (χ1v) is 10.7. The molecule has 2 aromatic carbocycles. The molecule has 1 aromatic heterocycles. The standard InChI is InChI=1S/C19H18N2O6S2/c1-25-14-5-3-12(4-6-14)18-21-13(11-28-18)10-27-19(22)16-9-15(29(20,23)24)7-8-17(16)26-2/h3-9,11H,10H2,1-2H3,(H2,20,23,24). The molecule has 0 bridgehead atoms. The Labute approximate surface area is 171 Å². The van der Waals surface area contributed by atoms with Crippen molar-refractivity contribution in [2.45, 2.75) is 11.5 Å². The summed E-state index contributed by atoms with van der Waals surface area (Å²) in [7, 11) is -1.01. The zero-order valence-electron chi connectivity index (χ0n) is 15.6. The smallest absolute Gasteiger partial charge is 0.342 e. The minimum absolute atomic E-state index is 0.0374. The molecule has 0 aliphatic carbocycles. The summed E-state index contributed by atoms with van der Waals surface area (Å²) in [4.78, 5) is 16.7. The van der Waals surface area contributed by atoms with Crippen LogP contribution >= 0.6 is 11.3 Å². The second-order valence-electron chi connectivity index (χ2n) is 5.86. The van der Waals surface area contributed by atoms with Crippen LogP contribution in [0.1, 0.15) is 16.1 Å². The number of methoxy groups -OCH3 is 2. The number of primary sulfonamides is 1. The van der Waals surface area contributed by atoms with E-state index in [4.69, 9.17) is 19.3 Å². The topological polar surface area (TPSA) is 118 Å². The number of sulfonamides is 1. The first-order valence-electron chi connectivity index (χ1n) is 8.28. The van der Waals surface area contributed by atoms with Crippen molar-refractivity contribution in [3.8, 4) is 22.1 Å². The van der Waals surface area contributed by atoms with Crippen LogP contribution in [0, 0.1) is 0 Å². The van der Waals surface area contributed by atoms with Crippen LogP contribution in [0.4, 0.5) is 0 Å². The lowest BCUT2D eigenvalue weighted by atomic mass is 10.2. The van der Waals surface area contributed by atoms with Crippen LogP contribution in [0.15, 0.2) is 52.7 Å². The summed E-state index contributed by atoms with van der Waals surface area (Å²) in [5.41, 5.74) is 1.44. The average Bonchev–Trinajstić information content (AvgIpc) is 3.20. The van der Waals surface area contributed by atoms with Crippen molar-refractivity contribution >= 4 is 27.3 Å². The van der Waals surface area contributed by atoms with E-state index in [1.807, 2.05) is 24.3 Å². The quantitative estimate of drug-likeness (QED) is 0.568. The van der Waals surface area contributed by atoms with Gasteiger partial charge >= 0.3 is 5.97 Å². The van der Waals surface area contributed by atoms with Gasteiger partial charge in [-0.1, -0.05) is 0 Å². The molecule has 3 rings (SSSR count). The van der Waals surface area contributed by atoms with E-state index in [-0.39, 0.29) is 22.8 Å². The van der Waals surface area contributed by atoms with Crippen LogP contribution in [0.25, 0.3) is 10.6 Å². The molecule has 0 saturated heterocycles. The molecular formula is C19H18N2O6S2. The number of benzene rings is 2. The van der Waals surface area contributed by atoms with E-state index in [9.17, 15) is 13.2 Å². The van der Waals surface area contributed by atoms with Gasteiger partial charge in [-0.25, -0.2) is 23.3 Å².